The molecule has 1 aliphatic carbocycles. The summed E-state index contributed by atoms with van der Waals surface area (Å²) >= 11 is 5.71. The molecule has 0 saturated heterocycles. The van der Waals surface area contributed by atoms with Crippen LogP contribution in [-0.2, 0) is 4.79 Å². The lowest BCUT2D eigenvalue weighted by atomic mass is 9.84. The molecule has 0 radical (unpaired) electrons. The molecule has 0 heterocycles. The summed E-state index contributed by atoms with van der Waals surface area (Å²) in [4.78, 5) is 23.3. The lowest BCUT2D eigenvalue weighted by Gasteiger charge is -2.29. The second-order valence-corrected chi connectivity index (χ2v) is 5.41. The standard InChI is InChI=1S/C14H16ClNO4/c15-8-5-6-10(12(17)7-8)13(18)16-11-4-2-1-3-9(11)14(19)20/h5-7,9,11,17H,1-4H2,(H,16,18)(H,19,20). The van der Waals surface area contributed by atoms with Crippen LogP contribution in [0.4, 0.5) is 0 Å². The Hall–Kier alpha value is -1.75. The average Bonchev–Trinajstić information content (AvgIpc) is 2.38. The van der Waals surface area contributed by atoms with E-state index >= 15 is 0 Å². The van der Waals surface area contributed by atoms with Gasteiger partial charge in [0.1, 0.15) is 5.75 Å². The van der Waals surface area contributed by atoms with E-state index in [-0.39, 0.29) is 11.3 Å². The van der Waals surface area contributed by atoms with Crippen LogP contribution in [0.15, 0.2) is 18.2 Å². The highest BCUT2D eigenvalue weighted by atomic mass is 35.5. The molecule has 108 valence electrons. The van der Waals surface area contributed by atoms with Crippen LogP contribution in [-0.4, -0.2) is 28.1 Å². The van der Waals surface area contributed by atoms with E-state index in [9.17, 15) is 14.7 Å². The summed E-state index contributed by atoms with van der Waals surface area (Å²) in [6, 6.07) is 3.81. The fourth-order valence-electron chi connectivity index (χ4n) is 2.54. The van der Waals surface area contributed by atoms with Crippen molar-refractivity contribution in [3.05, 3.63) is 28.8 Å². The van der Waals surface area contributed by atoms with Gasteiger partial charge in [0, 0.05) is 11.1 Å². The minimum absolute atomic E-state index is 0.101. The number of phenolic OH excluding ortho intramolecular Hbond substituents is 1. The zero-order valence-electron chi connectivity index (χ0n) is 10.8. The van der Waals surface area contributed by atoms with Crippen molar-refractivity contribution >= 4 is 23.5 Å². The molecule has 1 saturated carbocycles. The van der Waals surface area contributed by atoms with Gasteiger partial charge in [-0.3, -0.25) is 9.59 Å². The SMILES string of the molecule is O=C(NC1CCCCC1C(=O)O)c1ccc(Cl)cc1O. The molecule has 1 aromatic carbocycles. The van der Waals surface area contributed by atoms with Gasteiger partial charge in [-0.05, 0) is 31.0 Å². The topological polar surface area (TPSA) is 86.6 Å². The normalized spacial score (nSPS) is 22.2. The Bertz CT molecular complexity index is 532. The smallest absolute Gasteiger partial charge is 0.308 e. The maximum atomic E-state index is 12.1. The van der Waals surface area contributed by atoms with E-state index in [1.165, 1.54) is 18.2 Å². The first-order valence-corrected chi connectivity index (χ1v) is 6.89. The van der Waals surface area contributed by atoms with Gasteiger partial charge in [0.05, 0.1) is 11.5 Å². The number of benzene rings is 1. The fourth-order valence-corrected chi connectivity index (χ4v) is 2.71. The highest BCUT2D eigenvalue weighted by molar-refractivity contribution is 6.30. The molecule has 0 spiro atoms. The molecular weight excluding hydrogens is 282 g/mol. The van der Waals surface area contributed by atoms with Crippen molar-refractivity contribution in [3.8, 4) is 5.75 Å². The van der Waals surface area contributed by atoms with Crippen LogP contribution < -0.4 is 5.32 Å². The first kappa shape index (κ1) is 14.7. The van der Waals surface area contributed by atoms with Crippen molar-refractivity contribution in [2.24, 2.45) is 5.92 Å². The predicted octanol–water partition coefficient (Wildman–Crippen LogP) is 2.42. The van der Waals surface area contributed by atoms with Gasteiger partial charge in [-0.25, -0.2) is 0 Å². The Morgan fingerprint density at radius 1 is 1.25 bits per heavy atom. The number of carbonyl (C=O) groups excluding carboxylic acids is 1. The van der Waals surface area contributed by atoms with Crippen molar-refractivity contribution < 1.29 is 19.8 Å². The monoisotopic (exact) mass is 297 g/mol. The Kier molecular flexibility index (Phi) is 4.49. The van der Waals surface area contributed by atoms with Crippen LogP contribution in [0.25, 0.3) is 0 Å². The van der Waals surface area contributed by atoms with E-state index in [1.54, 1.807) is 0 Å². The lowest BCUT2D eigenvalue weighted by Crippen LogP contribution is -2.45. The largest absolute Gasteiger partial charge is 0.507 e. The van der Waals surface area contributed by atoms with Crippen LogP contribution >= 0.6 is 11.6 Å². The molecule has 0 aromatic heterocycles. The number of phenols is 1. The number of carboxylic acids is 1. The molecule has 0 aliphatic heterocycles. The van der Waals surface area contributed by atoms with Crippen molar-refractivity contribution in [3.63, 3.8) is 0 Å². The lowest BCUT2D eigenvalue weighted by molar-refractivity contribution is -0.143. The maximum absolute atomic E-state index is 12.1. The van der Waals surface area contributed by atoms with Crippen LogP contribution in [0.3, 0.4) is 0 Å². The number of carboxylic acid groups (broad SMARTS) is 1. The quantitative estimate of drug-likeness (QED) is 0.799. The molecule has 2 unspecified atom stereocenters. The third-order valence-corrected chi connectivity index (χ3v) is 3.84. The summed E-state index contributed by atoms with van der Waals surface area (Å²) in [6.07, 6.45) is 2.95. The highest BCUT2D eigenvalue weighted by Crippen LogP contribution is 2.26. The van der Waals surface area contributed by atoms with Gasteiger partial charge in [0.15, 0.2) is 0 Å². The van der Waals surface area contributed by atoms with Gasteiger partial charge in [-0.2, -0.15) is 0 Å². The van der Waals surface area contributed by atoms with Crippen molar-refractivity contribution in [1.29, 1.82) is 0 Å². The van der Waals surface area contributed by atoms with Gasteiger partial charge in [0.2, 0.25) is 0 Å². The van der Waals surface area contributed by atoms with Crippen molar-refractivity contribution in [1.82, 2.24) is 5.32 Å². The van der Waals surface area contributed by atoms with E-state index in [4.69, 9.17) is 16.7 Å². The van der Waals surface area contributed by atoms with Gasteiger partial charge in [0.25, 0.3) is 5.91 Å². The van der Waals surface area contributed by atoms with Crippen LogP contribution in [0.5, 0.6) is 5.75 Å². The Morgan fingerprint density at radius 2 is 1.95 bits per heavy atom. The number of aliphatic carboxylic acids is 1. The molecule has 0 bridgehead atoms. The molecular formula is C14H16ClNO4. The molecule has 5 nitrogen and oxygen atoms in total. The number of hydrogen-bond acceptors (Lipinski definition) is 3. The van der Waals surface area contributed by atoms with Crippen LogP contribution in [0, 0.1) is 5.92 Å². The highest BCUT2D eigenvalue weighted by Gasteiger charge is 2.32. The van der Waals surface area contributed by atoms with E-state index in [1.807, 2.05) is 0 Å². The Morgan fingerprint density at radius 3 is 2.60 bits per heavy atom. The third kappa shape index (κ3) is 3.22. The zero-order chi connectivity index (χ0) is 14.7. The van der Waals surface area contributed by atoms with E-state index in [2.05, 4.69) is 5.32 Å². The summed E-state index contributed by atoms with van der Waals surface area (Å²) in [5.41, 5.74) is 0.101. The molecule has 1 aliphatic rings. The van der Waals surface area contributed by atoms with Gasteiger partial charge >= 0.3 is 5.97 Å². The van der Waals surface area contributed by atoms with E-state index in [0.717, 1.165) is 12.8 Å². The van der Waals surface area contributed by atoms with E-state index in [0.29, 0.717) is 17.9 Å². The fraction of sp³-hybridized carbons (Fsp3) is 0.429. The number of hydrogen-bond donors (Lipinski definition) is 3. The molecule has 20 heavy (non-hydrogen) atoms. The Balaban J connectivity index is 2.11. The van der Waals surface area contributed by atoms with Crippen molar-refractivity contribution in [2.45, 2.75) is 31.7 Å². The van der Waals surface area contributed by atoms with Crippen LogP contribution in [0.1, 0.15) is 36.0 Å². The first-order chi connectivity index (χ1) is 9.49. The number of halogens is 1. The zero-order valence-corrected chi connectivity index (χ0v) is 11.6. The molecule has 2 atom stereocenters. The van der Waals surface area contributed by atoms with Gasteiger partial charge in [-0.15, -0.1) is 0 Å². The molecule has 2 rings (SSSR count). The maximum Gasteiger partial charge on any atom is 0.308 e. The number of nitrogens with one attached hydrogen (secondary N) is 1. The van der Waals surface area contributed by atoms with Crippen molar-refractivity contribution in [2.75, 3.05) is 0 Å². The van der Waals surface area contributed by atoms with Gasteiger partial charge < -0.3 is 15.5 Å². The van der Waals surface area contributed by atoms with Crippen LogP contribution in [0.2, 0.25) is 5.02 Å². The Labute approximate surface area is 121 Å². The minimum Gasteiger partial charge on any atom is -0.507 e. The number of amides is 1. The number of rotatable bonds is 3. The second kappa shape index (κ2) is 6.13. The average molecular weight is 298 g/mol. The third-order valence-electron chi connectivity index (χ3n) is 3.60. The first-order valence-electron chi connectivity index (χ1n) is 6.51. The predicted molar refractivity (Wildman–Crippen MR) is 74.0 cm³/mol. The minimum atomic E-state index is -0.893. The molecule has 1 aromatic rings. The van der Waals surface area contributed by atoms with Gasteiger partial charge in [-0.1, -0.05) is 24.4 Å². The molecule has 6 heteroatoms. The second-order valence-electron chi connectivity index (χ2n) is 4.97. The number of aromatic hydroxyl groups is 1. The molecule has 3 N–H and O–H groups in total. The summed E-state index contributed by atoms with van der Waals surface area (Å²) in [5, 5.41) is 21.9. The number of carbonyl (C=O) groups is 2. The molecule has 1 fully saturated rings. The molecule has 1 amide bonds. The summed E-state index contributed by atoms with van der Waals surface area (Å²) in [5.74, 6) is -2.15. The van der Waals surface area contributed by atoms with E-state index < -0.39 is 23.8 Å². The summed E-state index contributed by atoms with van der Waals surface area (Å²) in [6.45, 7) is 0. The summed E-state index contributed by atoms with van der Waals surface area (Å²) < 4.78 is 0. The summed E-state index contributed by atoms with van der Waals surface area (Å²) in [7, 11) is 0.